The van der Waals surface area contributed by atoms with Crippen LogP contribution in [0.4, 0.5) is 5.69 Å². The molecular formula is C18H17NO3. The van der Waals surface area contributed by atoms with Crippen molar-refractivity contribution in [2.45, 2.75) is 13.8 Å². The van der Waals surface area contributed by atoms with E-state index in [0.29, 0.717) is 11.4 Å². The van der Waals surface area contributed by atoms with Crippen molar-refractivity contribution < 1.29 is 14.3 Å². The summed E-state index contributed by atoms with van der Waals surface area (Å²) < 4.78 is 5.19. The summed E-state index contributed by atoms with van der Waals surface area (Å²) in [5.41, 5.74) is 2.73. The van der Waals surface area contributed by atoms with E-state index in [1.807, 2.05) is 31.2 Å². The molecule has 2 rings (SSSR count). The van der Waals surface area contributed by atoms with Crippen LogP contribution in [0, 0.1) is 6.92 Å². The van der Waals surface area contributed by atoms with Gasteiger partial charge in [0.1, 0.15) is 5.75 Å². The SMILES string of the molecule is CC(=O)Nc1ccc(OC(=O)/C=C/c2cccc(C)c2)cc1. The van der Waals surface area contributed by atoms with Gasteiger partial charge in [-0.15, -0.1) is 0 Å². The Morgan fingerprint density at radius 3 is 2.45 bits per heavy atom. The van der Waals surface area contributed by atoms with Crippen molar-refractivity contribution in [2.24, 2.45) is 0 Å². The average Bonchev–Trinajstić information content (AvgIpc) is 2.47. The number of benzene rings is 2. The lowest BCUT2D eigenvalue weighted by Crippen LogP contribution is -2.06. The summed E-state index contributed by atoms with van der Waals surface area (Å²) in [4.78, 5) is 22.7. The van der Waals surface area contributed by atoms with E-state index in [1.165, 1.54) is 13.0 Å². The number of esters is 1. The number of rotatable bonds is 4. The average molecular weight is 295 g/mol. The lowest BCUT2D eigenvalue weighted by Gasteiger charge is -2.04. The van der Waals surface area contributed by atoms with Crippen molar-refractivity contribution in [3.63, 3.8) is 0 Å². The van der Waals surface area contributed by atoms with Crippen molar-refractivity contribution in [2.75, 3.05) is 5.32 Å². The van der Waals surface area contributed by atoms with E-state index >= 15 is 0 Å². The molecule has 0 saturated carbocycles. The molecule has 4 nitrogen and oxygen atoms in total. The fraction of sp³-hybridized carbons (Fsp3) is 0.111. The number of hydrogen-bond acceptors (Lipinski definition) is 3. The Balaban J connectivity index is 1.95. The highest BCUT2D eigenvalue weighted by Gasteiger charge is 2.01. The molecule has 0 unspecified atom stereocenters. The van der Waals surface area contributed by atoms with Crippen LogP contribution < -0.4 is 10.1 Å². The van der Waals surface area contributed by atoms with Crippen LogP contribution >= 0.6 is 0 Å². The standard InChI is InChI=1S/C18H17NO3/c1-13-4-3-5-15(12-13)6-11-18(21)22-17-9-7-16(8-10-17)19-14(2)20/h3-12H,1-2H3,(H,19,20)/b11-6+. The first-order valence-corrected chi connectivity index (χ1v) is 6.87. The summed E-state index contributed by atoms with van der Waals surface area (Å²) >= 11 is 0. The largest absolute Gasteiger partial charge is 0.423 e. The van der Waals surface area contributed by atoms with E-state index < -0.39 is 5.97 Å². The number of anilines is 1. The van der Waals surface area contributed by atoms with E-state index in [1.54, 1.807) is 30.3 Å². The maximum Gasteiger partial charge on any atom is 0.336 e. The number of carbonyl (C=O) groups excluding carboxylic acids is 2. The van der Waals surface area contributed by atoms with Crippen LogP contribution in [0.2, 0.25) is 0 Å². The van der Waals surface area contributed by atoms with Crippen LogP contribution in [0.1, 0.15) is 18.1 Å². The smallest absolute Gasteiger partial charge is 0.336 e. The molecule has 1 amide bonds. The summed E-state index contributed by atoms with van der Waals surface area (Å²) in [6.45, 7) is 3.43. The Kier molecular flexibility index (Phi) is 5.09. The highest BCUT2D eigenvalue weighted by molar-refractivity contribution is 5.90. The number of aryl methyl sites for hydroxylation is 1. The molecule has 22 heavy (non-hydrogen) atoms. The molecule has 0 aliphatic rings. The van der Waals surface area contributed by atoms with Gasteiger partial charge in [0.05, 0.1) is 0 Å². The second kappa shape index (κ2) is 7.22. The minimum absolute atomic E-state index is 0.147. The highest BCUT2D eigenvalue weighted by atomic mass is 16.5. The van der Waals surface area contributed by atoms with Gasteiger partial charge in [-0.25, -0.2) is 4.79 Å². The molecule has 0 aliphatic heterocycles. The second-order valence-corrected chi connectivity index (χ2v) is 4.87. The molecule has 0 aromatic heterocycles. The van der Waals surface area contributed by atoms with Crippen LogP contribution in [-0.2, 0) is 9.59 Å². The van der Waals surface area contributed by atoms with E-state index in [-0.39, 0.29) is 5.91 Å². The Morgan fingerprint density at radius 1 is 1.09 bits per heavy atom. The molecule has 0 atom stereocenters. The molecule has 4 heteroatoms. The van der Waals surface area contributed by atoms with E-state index in [9.17, 15) is 9.59 Å². The zero-order chi connectivity index (χ0) is 15.9. The first-order valence-electron chi connectivity index (χ1n) is 6.87. The first kappa shape index (κ1) is 15.5. The molecule has 112 valence electrons. The Labute approximate surface area is 129 Å². The zero-order valence-corrected chi connectivity index (χ0v) is 12.5. The fourth-order valence-electron chi connectivity index (χ4n) is 1.90. The first-order chi connectivity index (χ1) is 10.5. The molecule has 2 aromatic rings. The van der Waals surface area contributed by atoms with Gasteiger partial charge >= 0.3 is 5.97 Å². The highest BCUT2D eigenvalue weighted by Crippen LogP contribution is 2.16. The molecule has 0 bridgehead atoms. The third kappa shape index (κ3) is 4.90. The molecular weight excluding hydrogens is 278 g/mol. The third-order valence-electron chi connectivity index (χ3n) is 2.85. The number of hydrogen-bond donors (Lipinski definition) is 1. The molecule has 0 aliphatic carbocycles. The van der Waals surface area contributed by atoms with Crippen LogP contribution in [0.3, 0.4) is 0 Å². The quantitative estimate of drug-likeness (QED) is 0.533. The Bertz CT molecular complexity index is 703. The predicted molar refractivity (Wildman–Crippen MR) is 86.6 cm³/mol. The summed E-state index contributed by atoms with van der Waals surface area (Å²) in [6, 6.07) is 14.4. The molecule has 0 fully saturated rings. The van der Waals surface area contributed by atoms with Crippen LogP contribution in [0.5, 0.6) is 5.75 Å². The molecule has 1 N–H and O–H groups in total. The van der Waals surface area contributed by atoms with Crippen molar-refractivity contribution in [3.05, 3.63) is 65.7 Å². The zero-order valence-electron chi connectivity index (χ0n) is 12.5. The monoisotopic (exact) mass is 295 g/mol. The van der Waals surface area contributed by atoms with Gasteiger partial charge in [-0.3, -0.25) is 4.79 Å². The van der Waals surface area contributed by atoms with Crippen LogP contribution in [0.15, 0.2) is 54.6 Å². The number of nitrogens with one attached hydrogen (secondary N) is 1. The van der Waals surface area contributed by atoms with Crippen molar-refractivity contribution in [1.29, 1.82) is 0 Å². The van der Waals surface area contributed by atoms with Gasteiger partial charge in [-0.05, 0) is 42.8 Å². The Hall–Kier alpha value is -2.88. The second-order valence-electron chi connectivity index (χ2n) is 4.87. The van der Waals surface area contributed by atoms with Gasteiger partial charge < -0.3 is 10.1 Å². The lowest BCUT2D eigenvalue weighted by atomic mass is 10.1. The van der Waals surface area contributed by atoms with Crippen molar-refractivity contribution in [3.8, 4) is 5.75 Å². The molecule has 0 radical (unpaired) electrons. The molecule has 0 spiro atoms. The number of amides is 1. The molecule has 0 heterocycles. The Morgan fingerprint density at radius 2 is 1.82 bits per heavy atom. The maximum absolute atomic E-state index is 11.8. The molecule has 2 aromatic carbocycles. The third-order valence-corrected chi connectivity index (χ3v) is 2.85. The molecule has 0 saturated heterocycles. The summed E-state index contributed by atoms with van der Waals surface area (Å²) in [5, 5.41) is 2.64. The van der Waals surface area contributed by atoms with E-state index in [2.05, 4.69) is 5.32 Å². The van der Waals surface area contributed by atoms with Gasteiger partial charge in [-0.2, -0.15) is 0 Å². The minimum Gasteiger partial charge on any atom is -0.423 e. The summed E-state index contributed by atoms with van der Waals surface area (Å²) in [5.74, 6) is -0.174. The maximum atomic E-state index is 11.8. The van der Waals surface area contributed by atoms with Crippen LogP contribution in [-0.4, -0.2) is 11.9 Å². The van der Waals surface area contributed by atoms with Gasteiger partial charge in [0.15, 0.2) is 0 Å². The van der Waals surface area contributed by atoms with Gasteiger partial charge in [-0.1, -0.05) is 29.8 Å². The van der Waals surface area contributed by atoms with Crippen LogP contribution in [0.25, 0.3) is 6.08 Å². The normalized spacial score (nSPS) is 10.5. The fourth-order valence-corrected chi connectivity index (χ4v) is 1.90. The van der Waals surface area contributed by atoms with Gasteiger partial charge in [0.2, 0.25) is 5.91 Å². The van der Waals surface area contributed by atoms with Crippen molar-refractivity contribution >= 4 is 23.6 Å². The lowest BCUT2D eigenvalue weighted by molar-refractivity contribution is -0.128. The summed E-state index contributed by atoms with van der Waals surface area (Å²) in [6.07, 6.45) is 3.09. The van der Waals surface area contributed by atoms with E-state index in [0.717, 1.165) is 11.1 Å². The predicted octanol–water partition coefficient (Wildman–Crippen LogP) is 3.57. The summed E-state index contributed by atoms with van der Waals surface area (Å²) in [7, 11) is 0. The van der Waals surface area contributed by atoms with E-state index in [4.69, 9.17) is 4.74 Å². The van der Waals surface area contributed by atoms with Gasteiger partial charge in [0, 0.05) is 18.7 Å². The number of ether oxygens (including phenoxy) is 1. The van der Waals surface area contributed by atoms with Gasteiger partial charge in [0.25, 0.3) is 0 Å². The topological polar surface area (TPSA) is 55.4 Å². The van der Waals surface area contributed by atoms with Crippen molar-refractivity contribution in [1.82, 2.24) is 0 Å². The minimum atomic E-state index is -0.450. The number of carbonyl (C=O) groups is 2.